The quantitative estimate of drug-likeness (QED) is 0.893. The zero-order valence-electron chi connectivity index (χ0n) is 11.6. The van der Waals surface area contributed by atoms with Crippen molar-refractivity contribution in [3.05, 3.63) is 47.9 Å². The lowest BCUT2D eigenvalue weighted by Gasteiger charge is -2.09. The fraction of sp³-hybridized carbons (Fsp3) is 0.375. The Morgan fingerprint density at radius 2 is 1.89 bits per heavy atom. The van der Waals surface area contributed by atoms with Crippen LogP contribution < -0.4 is 5.73 Å². The van der Waals surface area contributed by atoms with E-state index in [1.54, 1.807) is 0 Å². The second kappa shape index (κ2) is 6.43. The molecule has 2 aromatic rings. The first-order chi connectivity index (χ1) is 9.24. The summed E-state index contributed by atoms with van der Waals surface area (Å²) in [6, 6.07) is 10.6. The molecule has 1 unspecified atom stereocenters. The molecule has 0 aliphatic carbocycles. The molecule has 100 valence electrons. The summed E-state index contributed by atoms with van der Waals surface area (Å²) >= 11 is 0. The van der Waals surface area contributed by atoms with Gasteiger partial charge in [0, 0.05) is 24.2 Å². The van der Waals surface area contributed by atoms with Crippen molar-refractivity contribution >= 4 is 0 Å². The first-order valence-corrected chi connectivity index (χ1v) is 6.87. The minimum absolute atomic E-state index is 0.194. The van der Waals surface area contributed by atoms with E-state index in [1.807, 2.05) is 19.2 Å². The Balaban J connectivity index is 2.26. The summed E-state index contributed by atoms with van der Waals surface area (Å²) in [6.45, 7) is 4.81. The van der Waals surface area contributed by atoms with Crippen LogP contribution in [-0.2, 0) is 6.42 Å². The second-order valence-electron chi connectivity index (χ2n) is 4.88. The van der Waals surface area contributed by atoms with Crippen LogP contribution in [0.3, 0.4) is 0 Å². The molecule has 1 aromatic carbocycles. The van der Waals surface area contributed by atoms with Crippen LogP contribution in [0.2, 0.25) is 0 Å². The average Bonchev–Trinajstić information content (AvgIpc) is 2.48. The third-order valence-corrected chi connectivity index (χ3v) is 3.26. The van der Waals surface area contributed by atoms with E-state index in [-0.39, 0.29) is 5.92 Å². The smallest absolute Gasteiger partial charge is 0.133 e. The van der Waals surface area contributed by atoms with Crippen molar-refractivity contribution < 1.29 is 0 Å². The van der Waals surface area contributed by atoms with E-state index < -0.39 is 0 Å². The van der Waals surface area contributed by atoms with E-state index in [4.69, 9.17) is 5.73 Å². The maximum atomic E-state index is 5.67. The van der Waals surface area contributed by atoms with Crippen LogP contribution in [-0.4, -0.2) is 16.5 Å². The molecule has 2 N–H and O–H groups in total. The number of aryl methyl sites for hydroxylation is 1. The molecular formula is C16H21N3. The molecule has 1 aromatic heterocycles. The first kappa shape index (κ1) is 13.7. The van der Waals surface area contributed by atoms with E-state index >= 15 is 0 Å². The van der Waals surface area contributed by atoms with Crippen molar-refractivity contribution in [2.24, 2.45) is 5.73 Å². The number of aromatic nitrogens is 2. The highest BCUT2D eigenvalue weighted by Crippen LogP contribution is 2.19. The Hall–Kier alpha value is -1.74. The highest BCUT2D eigenvalue weighted by molar-refractivity contribution is 5.59. The monoisotopic (exact) mass is 255 g/mol. The summed E-state index contributed by atoms with van der Waals surface area (Å²) in [5.74, 6) is 1.01. The van der Waals surface area contributed by atoms with E-state index in [0.29, 0.717) is 6.54 Å². The molecule has 2 rings (SSSR count). The summed E-state index contributed by atoms with van der Waals surface area (Å²) in [5, 5.41) is 0. The lowest BCUT2D eigenvalue weighted by Crippen LogP contribution is -2.12. The molecule has 1 atom stereocenters. The van der Waals surface area contributed by atoms with Crippen molar-refractivity contribution in [2.75, 3.05) is 6.54 Å². The lowest BCUT2D eigenvalue weighted by molar-refractivity contribution is 0.713. The zero-order valence-corrected chi connectivity index (χ0v) is 11.6. The molecule has 0 aliphatic rings. The molecular weight excluding hydrogens is 234 g/mol. The van der Waals surface area contributed by atoms with Crippen LogP contribution in [0.15, 0.2) is 36.5 Å². The van der Waals surface area contributed by atoms with Crippen molar-refractivity contribution in [1.82, 2.24) is 9.97 Å². The molecule has 0 saturated carbocycles. The van der Waals surface area contributed by atoms with Crippen molar-refractivity contribution in [2.45, 2.75) is 32.6 Å². The molecule has 1 heterocycles. The van der Waals surface area contributed by atoms with Gasteiger partial charge in [-0.2, -0.15) is 0 Å². The second-order valence-corrected chi connectivity index (χ2v) is 4.88. The topological polar surface area (TPSA) is 51.8 Å². The number of nitrogens with two attached hydrogens (primary N) is 1. The SMILES string of the molecule is CCCc1ccc(-c2ccnc(C(C)CN)n2)cc1. The fourth-order valence-electron chi connectivity index (χ4n) is 2.01. The molecule has 0 saturated heterocycles. The van der Waals surface area contributed by atoms with Gasteiger partial charge in [0.25, 0.3) is 0 Å². The van der Waals surface area contributed by atoms with Crippen LogP contribution in [0.4, 0.5) is 0 Å². The van der Waals surface area contributed by atoms with Crippen LogP contribution in [0, 0.1) is 0 Å². The molecule has 19 heavy (non-hydrogen) atoms. The Morgan fingerprint density at radius 1 is 1.16 bits per heavy atom. The highest BCUT2D eigenvalue weighted by Gasteiger charge is 2.08. The maximum Gasteiger partial charge on any atom is 0.133 e. The fourth-order valence-corrected chi connectivity index (χ4v) is 2.01. The molecule has 3 heteroatoms. The van der Waals surface area contributed by atoms with Gasteiger partial charge in [-0.15, -0.1) is 0 Å². The third kappa shape index (κ3) is 3.38. The molecule has 0 aliphatic heterocycles. The number of nitrogens with zero attached hydrogens (tertiary/aromatic N) is 2. The van der Waals surface area contributed by atoms with E-state index in [9.17, 15) is 0 Å². The van der Waals surface area contributed by atoms with Gasteiger partial charge in [-0.25, -0.2) is 9.97 Å². The van der Waals surface area contributed by atoms with Gasteiger partial charge in [0.2, 0.25) is 0 Å². The third-order valence-electron chi connectivity index (χ3n) is 3.26. The van der Waals surface area contributed by atoms with Gasteiger partial charge in [-0.3, -0.25) is 0 Å². The largest absolute Gasteiger partial charge is 0.330 e. The Morgan fingerprint density at radius 3 is 2.53 bits per heavy atom. The number of hydrogen-bond donors (Lipinski definition) is 1. The Bertz CT molecular complexity index is 520. The minimum Gasteiger partial charge on any atom is -0.330 e. The highest BCUT2D eigenvalue weighted by atomic mass is 14.9. The predicted octanol–water partition coefficient (Wildman–Crippen LogP) is 3.16. The van der Waals surface area contributed by atoms with Gasteiger partial charge in [-0.1, -0.05) is 44.5 Å². The van der Waals surface area contributed by atoms with Gasteiger partial charge in [0.05, 0.1) is 5.69 Å². The van der Waals surface area contributed by atoms with Gasteiger partial charge in [0.1, 0.15) is 5.82 Å². The summed E-state index contributed by atoms with van der Waals surface area (Å²) in [4.78, 5) is 8.89. The number of benzene rings is 1. The van der Waals surface area contributed by atoms with Crippen molar-refractivity contribution in [1.29, 1.82) is 0 Å². The average molecular weight is 255 g/mol. The molecule has 0 fully saturated rings. The van der Waals surface area contributed by atoms with E-state index in [0.717, 1.165) is 23.5 Å². The van der Waals surface area contributed by atoms with Gasteiger partial charge >= 0.3 is 0 Å². The molecule has 0 radical (unpaired) electrons. The zero-order chi connectivity index (χ0) is 13.7. The van der Waals surface area contributed by atoms with E-state index in [1.165, 1.54) is 12.0 Å². The Kier molecular flexibility index (Phi) is 4.63. The minimum atomic E-state index is 0.194. The lowest BCUT2D eigenvalue weighted by atomic mass is 10.1. The standard InChI is InChI=1S/C16H21N3/c1-3-4-13-5-7-14(8-6-13)15-9-10-18-16(19-15)12(2)11-17/h5-10,12H,3-4,11,17H2,1-2H3. The van der Waals surface area contributed by atoms with E-state index in [2.05, 4.69) is 41.2 Å². The van der Waals surface area contributed by atoms with Crippen molar-refractivity contribution in [3.8, 4) is 11.3 Å². The number of rotatable bonds is 5. The van der Waals surface area contributed by atoms with Crippen molar-refractivity contribution in [3.63, 3.8) is 0 Å². The summed E-state index contributed by atoms with van der Waals surface area (Å²) < 4.78 is 0. The predicted molar refractivity (Wildman–Crippen MR) is 78.9 cm³/mol. The van der Waals surface area contributed by atoms with Gasteiger partial charge in [-0.05, 0) is 18.1 Å². The summed E-state index contributed by atoms with van der Waals surface area (Å²) in [6.07, 6.45) is 4.11. The number of hydrogen-bond acceptors (Lipinski definition) is 3. The van der Waals surface area contributed by atoms with Gasteiger partial charge < -0.3 is 5.73 Å². The van der Waals surface area contributed by atoms with Crippen LogP contribution in [0.25, 0.3) is 11.3 Å². The first-order valence-electron chi connectivity index (χ1n) is 6.87. The van der Waals surface area contributed by atoms with Crippen LogP contribution in [0.1, 0.15) is 37.6 Å². The van der Waals surface area contributed by atoms with Crippen LogP contribution >= 0.6 is 0 Å². The van der Waals surface area contributed by atoms with Crippen LogP contribution in [0.5, 0.6) is 0 Å². The molecule has 0 amide bonds. The Labute approximate surface area is 114 Å². The molecule has 0 spiro atoms. The molecule has 0 bridgehead atoms. The molecule has 3 nitrogen and oxygen atoms in total. The van der Waals surface area contributed by atoms with Gasteiger partial charge in [0.15, 0.2) is 0 Å². The normalized spacial score (nSPS) is 12.4. The summed E-state index contributed by atoms with van der Waals surface area (Å²) in [7, 11) is 0. The summed E-state index contributed by atoms with van der Waals surface area (Å²) in [5.41, 5.74) is 9.14. The maximum absolute atomic E-state index is 5.67.